The van der Waals surface area contributed by atoms with Crippen LogP contribution in [-0.4, -0.2) is 48.4 Å². The van der Waals surface area contributed by atoms with Crippen molar-refractivity contribution in [3.05, 3.63) is 64.7 Å². The second-order valence-electron chi connectivity index (χ2n) is 6.42. The number of halogens is 1. The first-order chi connectivity index (χ1) is 12.1. The van der Waals surface area contributed by atoms with Gasteiger partial charge in [0.1, 0.15) is 0 Å². The molecule has 4 nitrogen and oxygen atoms in total. The molecule has 1 saturated heterocycles. The third kappa shape index (κ3) is 4.74. The summed E-state index contributed by atoms with van der Waals surface area (Å²) in [4.78, 5) is 16.7. The molecule has 3 rings (SSSR count). The van der Waals surface area contributed by atoms with E-state index in [4.69, 9.17) is 11.6 Å². The van der Waals surface area contributed by atoms with Crippen LogP contribution < -0.4 is 5.32 Å². The maximum atomic E-state index is 12.4. The first-order valence-corrected chi connectivity index (χ1v) is 9.04. The predicted octanol–water partition coefficient (Wildman–Crippen LogP) is 3.40. The normalized spacial score (nSPS) is 15.2. The number of benzene rings is 2. The van der Waals surface area contributed by atoms with Crippen molar-refractivity contribution in [1.29, 1.82) is 0 Å². The van der Waals surface area contributed by atoms with Crippen molar-refractivity contribution in [3.63, 3.8) is 0 Å². The minimum Gasteiger partial charge on any atom is -0.375 e. The summed E-state index contributed by atoms with van der Waals surface area (Å²) in [5.74, 6) is 0.121. The van der Waals surface area contributed by atoms with Gasteiger partial charge in [-0.15, -0.1) is 0 Å². The lowest BCUT2D eigenvalue weighted by molar-refractivity contribution is -0.131. The third-order valence-corrected chi connectivity index (χ3v) is 5.01. The van der Waals surface area contributed by atoms with Crippen molar-refractivity contribution in [2.75, 3.05) is 38.0 Å². The molecule has 0 atom stereocenters. The Kier molecular flexibility index (Phi) is 5.95. The number of amides is 1. The summed E-state index contributed by atoms with van der Waals surface area (Å²) in [7, 11) is 0. The number of anilines is 1. The largest absolute Gasteiger partial charge is 0.375 e. The van der Waals surface area contributed by atoms with Crippen molar-refractivity contribution in [1.82, 2.24) is 9.80 Å². The third-order valence-electron chi connectivity index (χ3n) is 4.68. The Bertz CT molecular complexity index is 726. The molecular weight excluding hydrogens is 334 g/mol. The van der Waals surface area contributed by atoms with E-state index < -0.39 is 0 Å². The van der Waals surface area contributed by atoms with Gasteiger partial charge in [-0.25, -0.2) is 0 Å². The van der Waals surface area contributed by atoms with Gasteiger partial charge < -0.3 is 10.2 Å². The van der Waals surface area contributed by atoms with E-state index in [9.17, 15) is 4.79 Å². The molecule has 2 aromatic rings. The quantitative estimate of drug-likeness (QED) is 0.890. The number of hydrogen-bond acceptors (Lipinski definition) is 3. The van der Waals surface area contributed by atoms with E-state index in [1.165, 1.54) is 11.1 Å². The highest BCUT2D eigenvalue weighted by molar-refractivity contribution is 6.33. The van der Waals surface area contributed by atoms with Crippen molar-refractivity contribution in [2.24, 2.45) is 0 Å². The van der Waals surface area contributed by atoms with Crippen molar-refractivity contribution in [3.8, 4) is 0 Å². The number of carbonyl (C=O) groups excluding carboxylic acids is 1. The fourth-order valence-electron chi connectivity index (χ4n) is 3.07. The van der Waals surface area contributed by atoms with Crippen molar-refractivity contribution in [2.45, 2.75) is 13.5 Å². The SMILES string of the molecule is Cc1ccccc1CN1CCN(C(=O)CNc2ccccc2Cl)CC1. The summed E-state index contributed by atoms with van der Waals surface area (Å²) in [6, 6.07) is 16.0. The molecule has 0 radical (unpaired) electrons. The van der Waals surface area contributed by atoms with Gasteiger partial charge in [0.15, 0.2) is 0 Å². The van der Waals surface area contributed by atoms with Crippen LogP contribution in [0.25, 0.3) is 0 Å². The molecule has 132 valence electrons. The van der Waals surface area contributed by atoms with Gasteiger partial charge in [0.2, 0.25) is 5.91 Å². The highest BCUT2D eigenvalue weighted by Gasteiger charge is 2.21. The Balaban J connectivity index is 1.46. The summed E-state index contributed by atoms with van der Waals surface area (Å²) in [6.07, 6.45) is 0. The molecule has 5 heteroatoms. The van der Waals surface area contributed by atoms with E-state index >= 15 is 0 Å². The summed E-state index contributed by atoms with van der Waals surface area (Å²) in [6.45, 7) is 6.74. The van der Waals surface area contributed by atoms with Crippen LogP contribution in [0.4, 0.5) is 5.69 Å². The van der Waals surface area contributed by atoms with Gasteiger partial charge >= 0.3 is 0 Å². The van der Waals surface area contributed by atoms with Crippen LogP contribution in [0.5, 0.6) is 0 Å². The second-order valence-corrected chi connectivity index (χ2v) is 6.82. The van der Waals surface area contributed by atoms with Crippen LogP contribution >= 0.6 is 11.6 Å². The van der Waals surface area contributed by atoms with Gasteiger partial charge in [0, 0.05) is 32.7 Å². The maximum absolute atomic E-state index is 12.4. The number of carbonyl (C=O) groups is 1. The molecule has 1 heterocycles. The van der Waals surface area contributed by atoms with Gasteiger partial charge in [-0.3, -0.25) is 9.69 Å². The van der Waals surface area contributed by atoms with E-state index in [0.29, 0.717) is 5.02 Å². The fraction of sp³-hybridized carbons (Fsp3) is 0.350. The average molecular weight is 358 g/mol. The zero-order valence-corrected chi connectivity index (χ0v) is 15.3. The maximum Gasteiger partial charge on any atom is 0.241 e. The Labute approximate surface area is 154 Å². The Morgan fingerprint density at radius 1 is 1.04 bits per heavy atom. The lowest BCUT2D eigenvalue weighted by Gasteiger charge is -2.35. The number of aryl methyl sites for hydroxylation is 1. The van der Waals surface area contributed by atoms with Gasteiger partial charge in [0.25, 0.3) is 0 Å². The molecule has 1 amide bonds. The zero-order chi connectivity index (χ0) is 17.6. The van der Waals surface area contributed by atoms with Crippen LogP contribution in [0, 0.1) is 6.92 Å². The minimum atomic E-state index is 0.121. The molecule has 0 unspecified atom stereocenters. The predicted molar refractivity (Wildman–Crippen MR) is 103 cm³/mol. The van der Waals surface area contributed by atoms with Gasteiger partial charge in [0.05, 0.1) is 17.3 Å². The van der Waals surface area contributed by atoms with Crippen molar-refractivity contribution < 1.29 is 4.79 Å². The smallest absolute Gasteiger partial charge is 0.241 e. The van der Waals surface area contributed by atoms with E-state index in [-0.39, 0.29) is 12.5 Å². The minimum absolute atomic E-state index is 0.121. The summed E-state index contributed by atoms with van der Waals surface area (Å²) in [5.41, 5.74) is 3.49. The molecule has 1 aliphatic heterocycles. The molecule has 2 aromatic carbocycles. The van der Waals surface area contributed by atoms with E-state index in [1.54, 1.807) is 0 Å². The molecule has 0 bridgehead atoms. The molecule has 1 aliphatic rings. The van der Waals surface area contributed by atoms with E-state index in [0.717, 1.165) is 38.4 Å². The van der Waals surface area contributed by atoms with Crippen molar-refractivity contribution >= 4 is 23.2 Å². The highest BCUT2D eigenvalue weighted by atomic mass is 35.5. The second kappa shape index (κ2) is 8.37. The number of nitrogens with zero attached hydrogens (tertiary/aromatic N) is 2. The molecular formula is C20H24ClN3O. The van der Waals surface area contributed by atoms with Crippen LogP contribution in [0.3, 0.4) is 0 Å². The first-order valence-electron chi connectivity index (χ1n) is 8.66. The number of piperazine rings is 1. The molecule has 1 fully saturated rings. The lowest BCUT2D eigenvalue weighted by Crippen LogP contribution is -2.49. The molecule has 0 aliphatic carbocycles. The lowest BCUT2D eigenvalue weighted by atomic mass is 10.1. The fourth-order valence-corrected chi connectivity index (χ4v) is 3.27. The van der Waals surface area contributed by atoms with Crippen LogP contribution in [0.1, 0.15) is 11.1 Å². The Hall–Kier alpha value is -2.04. The van der Waals surface area contributed by atoms with Crippen LogP contribution in [0.15, 0.2) is 48.5 Å². The molecule has 0 aromatic heterocycles. The van der Waals surface area contributed by atoms with Gasteiger partial charge in [-0.1, -0.05) is 48.0 Å². The number of rotatable bonds is 5. The summed E-state index contributed by atoms with van der Waals surface area (Å²) >= 11 is 6.11. The molecule has 0 spiro atoms. The van der Waals surface area contributed by atoms with E-state index in [1.807, 2.05) is 29.2 Å². The summed E-state index contributed by atoms with van der Waals surface area (Å²) in [5, 5.41) is 3.77. The molecule has 1 N–H and O–H groups in total. The van der Waals surface area contributed by atoms with Crippen LogP contribution in [0.2, 0.25) is 5.02 Å². The molecule has 25 heavy (non-hydrogen) atoms. The number of hydrogen-bond donors (Lipinski definition) is 1. The van der Waals surface area contributed by atoms with E-state index in [2.05, 4.69) is 41.4 Å². The zero-order valence-electron chi connectivity index (χ0n) is 14.5. The first kappa shape index (κ1) is 17.8. The van der Waals surface area contributed by atoms with Gasteiger partial charge in [-0.05, 0) is 30.2 Å². The summed E-state index contributed by atoms with van der Waals surface area (Å²) < 4.78 is 0. The monoisotopic (exact) mass is 357 g/mol. The number of nitrogens with one attached hydrogen (secondary N) is 1. The Morgan fingerprint density at radius 2 is 1.72 bits per heavy atom. The van der Waals surface area contributed by atoms with Gasteiger partial charge in [-0.2, -0.15) is 0 Å². The average Bonchev–Trinajstić information content (AvgIpc) is 2.63. The molecule has 0 saturated carbocycles. The Morgan fingerprint density at radius 3 is 2.44 bits per heavy atom. The highest BCUT2D eigenvalue weighted by Crippen LogP contribution is 2.20. The van der Waals surface area contributed by atoms with Crippen LogP contribution in [-0.2, 0) is 11.3 Å². The standard InChI is InChI=1S/C20H24ClN3O/c1-16-6-2-3-7-17(16)15-23-10-12-24(13-11-23)20(25)14-22-19-9-5-4-8-18(19)21/h2-9,22H,10-15H2,1H3. The number of para-hydroxylation sites is 1. The topological polar surface area (TPSA) is 35.6 Å².